The van der Waals surface area contributed by atoms with Crippen LogP contribution in [0.15, 0.2) is 49.1 Å². The Morgan fingerprint density at radius 2 is 1.74 bits per heavy atom. The van der Waals surface area contributed by atoms with Crippen molar-refractivity contribution in [1.82, 2.24) is 29.7 Å². The third-order valence-electron chi connectivity index (χ3n) is 4.23. The number of rotatable bonds is 7. The molecule has 3 aromatic heterocycles. The molecule has 0 amide bonds. The summed E-state index contributed by atoms with van der Waals surface area (Å²) >= 11 is 0. The molecule has 0 spiro atoms. The molecule has 31 heavy (non-hydrogen) atoms. The second kappa shape index (κ2) is 8.50. The Balaban J connectivity index is 1.65. The molecule has 0 aliphatic carbocycles. The Morgan fingerprint density at radius 1 is 0.935 bits per heavy atom. The van der Waals surface area contributed by atoms with Gasteiger partial charge in [-0.25, -0.2) is 19.3 Å². The molecule has 0 aliphatic heterocycles. The quantitative estimate of drug-likeness (QED) is 0.432. The zero-order valence-corrected chi connectivity index (χ0v) is 15.9. The molecule has 8 nitrogen and oxygen atoms in total. The molecular weight excluding hydrogens is 416 g/mol. The molecule has 0 unspecified atom stereocenters. The lowest BCUT2D eigenvalue weighted by molar-refractivity contribution is -0.115. The largest absolute Gasteiger partial charge is 0.405 e. The average Bonchev–Trinajstić information content (AvgIpc) is 3.25. The third-order valence-corrected chi connectivity index (χ3v) is 4.23. The van der Waals surface area contributed by atoms with Gasteiger partial charge in [0.2, 0.25) is 5.95 Å². The van der Waals surface area contributed by atoms with Gasteiger partial charge < -0.3 is 10.6 Å². The number of benzene rings is 1. The molecule has 0 fully saturated rings. The van der Waals surface area contributed by atoms with E-state index in [9.17, 15) is 17.6 Å². The van der Waals surface area contributed by atoms with Gasteiger partial charge >= 0.3 is 6.18 Å². The standard InChI is InChI=1S/C19H16F4N8/c20-13-3-1-12(2-4-13)14-5-6-15-16(28-14)17(26-9-19(21,22)23)30-18(29-15)25-7-8-31-11-24-10-27-31/h1-6,10-11H,7-9H2,(H2,25,26,29,30). The number of alkyl halides is 3. The van der Waals surface area contributed by atoms with E-state index in [2.05, 4.69) is 35.7 Å². The van der Waals surface area contributed by atoms with Crippen molar-refractivity contribution in [3.05, 3.63) is 54.9 Å². The lowest BCUT2D eigenvalue weighted by atomic mass is 10.1. The van der Waals surface area contributed by atoms with Gasteiger partial charge in [0.25, 0.3) is 0 Å². The first-order valence-corrected chi connectivity index (χ1v) is 9.19. The number of fused-ring (bicyclic) bond motifs is 1. The summed E-state index contributed by atoms with van der Waals surface area (Å²) in [5.41, 5.74) is 1.60. The van der Waals surface area contributed by atoms with Gasteiger partial charge in [-0.3, -0.25) is 4.68 Å². The lowest BCUT2D eigenvalue weighted by Gasteiger charge is -2.13. The second-order valence-corrected chi connectivity index (χ2v) is 6.52. The van der Waals surface area contributed by atoms with Gasteiger partial charge in [0.1, 0.15) is 30.5 Å². The van der Waals surface area contributed by atoms with Gasteiger partial charge in [-0.15, -0.1) is 0 Å². The lowest BCUT2D eigenvalue weighted by Crippen LogP contribution is -2.22. The van der Waals surface area contributed by atoms with Gasteiger partial charge in [-0.05, 0) is 36.4 Å². The van der Waals surface area contributed by atoms with Crippen LogP contribution in [0.1, 0.15) is 0 Å². The molecule has 0 saturated heterocycles. The zero-order chi connectivity index (χ0) is 21.8. The van der Waals surface area contributed by atoms with Crippen molar-refractivity contribution in [2.45, 2.75) is 12.7 Å². The molecule has 12 heteroatoms. The van der Waals surface area contributed by atoms with Crippen molar-refractivity contribution in [3.8, 4) is 11.3 Å². The van der Waals surface area contributed by atoms with Crippen LogP contribution in [0.5, 0.6) is 0 Å². The molecular formula is C19H16F4N8. The first kappa shape index (κ1) is 20.4. The summed E-state index contributed by atoms with van der Waals surface area (Å²) in [6.07, 6.45) is -1.50. The van der Waals surface area contributed by atoms with Crippen LogP contribution in [0.25, 0.3) is 22.3 Å². The maximum Gasteiger partial charge on any atom is 0.405 e. The van der Waals surface area contributed by atoms with E-state index in [4.69, 9.17) is 0 Å². The summed E-state index contributed by atoms with van der Waals surface area (Å²) in [5.74, 6) is -0.315. The average molecular weight is 432 g/mol. The van der Waals surface area contributed by atoms with Gasteiger partial charge in [0.05, 0.1) is 17.8 Å². The van der Waals surface area contributed by atoms with E-state index >= 15 is 0 Å². The molecule has 0 atom stereocenters. The van der Waals surface area contributed by atoms with Crippen LogP contribution in [0.4, 0.5) is 29.3 Å². The Bertz CT molecular complexity index is 1160. The molecule has 4 rings (SSSR count). The highest BCUT2D eigenvalue weighted by Crippen LogP contribution is 2.26. The van der Waals surface area contributed by atoms with Gasteiger partial charge in [-0.2, -0.15) is 23.3 Å². The Kier molecular flexibility index (Phi) is 5.60. The number of pyridine rings is 1. The van der Waals surface area contributed by atoms with Crippen molar-refractivity contribution in [2.24, 2.45) is 0 Å². The van der Waals surface area contributed by atoms with Crippen molar-refractivity contribution in [1.29, 1.82) is 0 Å². The molecule has 0 bridgehead atoms. The number of nitrogens with zero attached hydrogens (tertiary/aromatic N) is 6. The van der Waals surface area contributed by atoms with Gasteiger partial charge in [0, 0.05) is 12.1 Å². The summed E-state index contributed by atoms with van der Waals surface area (Å²) in [6, 6.07) is 8.92. The SMILES string of the molecule is Fc1ccc(-c2ccc3nc(NCCn4cncn4)nc(NCC(F)(F)F)c3n2)cc1. The number of hydrogen-bond donors (Lipinski definition) is 2. The Labute approximate surface area is 173 Å². The summed E-state index contributed by atoms with van der Waals surface area (Å²) in [5, 5.41) is 9.23. The molecule has 0 saturated carbocycles. The fourth-order valence-corrected chi connectivity index (χ4v) is 2.81. The predicted octanol–water partition coefficient (Wildman–Crippen LogP) is 3.51. The fourth-order valence-electron chi connectivity index (χ4n) is 2.81. The molecule has 0 aliphatic rings. The number of aromatic nitrogens is 6. The Hall–Kier alpha value is -3.83. The number of hydrogen-bond acceptors (Lipinski definition) is 7. The molecule has 0 radical (unpaired) electrons. The van der Waals surface area contributed by atoms with E-state index in [0.29, 0.717) is 29.9 Å². The van der Waals surface area contributed by atoms with E-state index in [1.165, 1.54) is 30.6 Å². The highest BCUT2D eigenvalue weighted by Gasteiger charge is 2.27. The van der Waals surface area contributed by atoms with E-state index in [0.717, 1.165) is 0 Å². The highest BCUT2D eigenvalue weighted by atomic mass is 19.4. The van der Waals surface area contributed by atoms with E-state index in [1.54, 1.807) is 23.1 Å². The molecule has 1 aromatic carbocycles. The summed E-state index contributed by atoms with van der Waals surface area (Å²) in [4.78, 5) is 16.8. The van der Waals surface area contributed by atoms with Gasteiger partial charge in [0.15, 0.2) is 5.82 Å². The minimum absolute atomic E-state index is 0.0606. The van der Waals surface area contributed by atoms with Crippen LogP contribution in [-0.2, 0) is 6.54 Å². The van der Waals surface area contributed by atoms with Crippen LogP contribution in [0.3, 0.4) is 0 Å². The Morgan fingerprint density at radius 3 is 2.45 bits per heavy atom. The summed E-state index contributed by atoms with van der Waals surface area (Å²) < 4.78 is 53.2. The van der Waals surface area contributed by atoms with Crippen molar-refractivity contribution >= 4 is 22.8 Å². The van der Waals surface area contributed by atoms with Crippen LogP contribution in [0, 0.1) is 5.82 Å². The second-order valence-electron chi connectivity index (χ2n) is 6.52. The minimum Gasteiger partial charge on any atom is -0.359 e. The first-order valence-electron chi connectivity index (χ1n) is 9.19. The topological polar surface area (TPSA) is 93.4 Å². The number of halogens is 4. The maximum atomic E-state index is 13.2. The predicted molar refractivity (Wildman–Crippen MR) is 106 cm³/mol. The van der Waals surface area contributed by atoms with Crippen LogP contribution in [-0.4, -0.2) is 49.0 Å². The summed E-state index contributed by atoms with van der Waals surface area (Å²) in [7, 11) is 0. The third kappa shape index (κ3) is 5.21. The van der Waals surface area contributed by atoms with Gasteiger partial charge in [-0.1, -0.05) is 0 Å². The molecule has 2 N–H and O–H groups in total. The van der Waals surface area contributed by atoms with E-state index in [-0.39, 0.29) is 17.3 Å². The van der Waals surface area contributed by atoms with Crippen molar-refractivity contribution in [2.75, 3.05) is 23.7 Å². The first-order chi connectivity index (χ1) is 14.9. The van der Waals surface area contributed by atoms with Crippen LogP contribution in [0.2, 0.25) is 0 Å². The molecule has 160 valence electrons. The zero-order valence-electron chi connectivity index (χ0n) is 15.9. The van der Waals surface area contributed by atoms with E-state index in [1.807, 2.05) is 0 Å². The fraction of sp³-hybridized carbons (Fsp3) is 0.211. The van der Waals surface area contributed by atoms with Crippen LogP contribution < -0.4 is 10.6 Å². The minimum atomic E-state index is -4.44. The normalized spacial score (nSPS) is 11.6. The summed E-state index contributed by atoms with van der Waals surface area (Å²) in [6.45, 7) is -0.427. The van der Waals surface area contributed by atoms with Crippen molar-refractivity contribution in [3.63, 3.8) is 0 Å². The number of nitrogens with one attached hydrogen (secondary N) is 2. The van der Waals surface area contributed by atoms with Crippen molar-refractivity contribution < 1.29 is 17.6 Å². The maximum absolute atomic E-state index is 13.2. The number of anilines is 2. The highest BCUT2D eigenvalue weighted by molar-refractivity contribution is 5.88. The molecule has 3 heterocycles. The van der Waals surface area contributed by atoms with E-state index < -0.39 is 18.5 Å². The monoisotopic (exact) mass is 432 g/mol. The molecule has 4 aromatic rings. The smallest absolute Gasteiger partial charge is 0.359 e. The van der Waals surface area contributed by atoms with Crippen LogP contribution >= 0.6 is 0 Å².